The number of imidazole rings is 1. The van der Waals surface area contributed by atoms with Crippen molar-refractivity contribution in [3.63, 3.8) is 0 Å². The van der Waals surface area contributed by atoms with Crippen molar-refractivity contribution < 1.29 is 0 Å². The summed E-state index contributed by atoms with van der Waals surface area (Å²) in [5.41, 5.74) is 3.57. The van der Waals surface area contributed by atoms with Crippen LogP contribution in [0.5, 0.6) is 0 Å². The second-order valence-electron chi connectivity index (χ2n) is 5.23. The molecule has 110 valence electrons. The summed E-state index contributed by atoms with van der Waals surface area (Å²) >= 11 is 8.34. The highest BCUT2D eigenvalue weighted by molar-refractivity contribution is 7.99. The van der Waals surface area contributed by atoms with E-state index in [4.69, 9.17) is 16.6 Å². The maximum atomic E-state index is 6.35. The van der Waals surface area contributed by atoms with Crippen LogP contribution in [-0.4, -0.2) is 21.1 Å². The molecule has 2 rings (SSSR count). The monoisotopic (exact) mass is 310 g/mol. The number of aryl methyl sites for hydroxylation is 1. The smallest absolute Gasteiger partial charge is 0.127 e. The molecule has 1 aromatic carbocycles. The van der Waals surface area contributed by atoms with Gasteiger partial charge in [0, 0.05) is 6.04 Å². The van der Waals surface area contributed by atoms with Crippen LogP contribution in [0, 0.1) is 6.92 Å². The van der Waals surface area contributed by atoms with Gasteiger partial charge in [0.05, 0.1) is 16.4 Å². The zero-order valence-corrected chi connectivity index (χ0v) is 14.3. The normalized spacial score (nSPS) is 14.7. The molecule has 2 atom stereocenters. The van der Waals surface area contributed by atoms with E-state index in [2.05, 4.69) is 43.5 Å². The number of thioether (sulfide) groups is 1. The molecule has 2 aromatic rings. The minimum Gasteiger partial charge on any atom is -0.324 e. The van der Waals surface area contributed by atoms with Crippen molar-refractivity contribution in [2.75, 3.05) is 11.5 Å². The highest BCUT2D eigenvalue weighted by atomic mass is 35.5. The topological polar surface area (TPSA) is 17.8 Å². The minimum absolute atomic E-state index is 0.0666. The van der Waals surface area contributed by atoms with E-state index in [1.165, 1.54) is 22.6 Å². The lowest BCUT2D eigenvalue weighted by Gasteiger charge is -2.19. The fourth-order valence-corrected chi connectivity index (χ4v) is 3.54. The van der Waals surface area contributed by atoms with Crippen LogP contribution >= 0.6 is 23.4 Å². The number of aromatic nitrogens is 2. The molecule has 0 radical (unpaired) electrons. The standard InChI is InChI=1S/C16H23ClN2S/c1-5-20-10-9-12(3)19-15-11(2)7-6-8-14(15)18-16(19)13(4)17/h6-8,12-13H,5,9-10H2,1-4H3. The van der Waals surface area contributed by atoms with Gasteiger partial charge in [-0.2, -0.15) is 11.8 Å². The van der Waals surface area contributed by atoms with E-state index in [1.54, 1.807) is 0 Å². The van der Waals surface area contributed by atoms with Crippen molar-refractivity contribution in [1.29, 1.82) is 0 Å². The van der Waals surface area contributed by atoms with Crippen molar-refractivity contribution >= 4 is 34.4 Å². The van der Waals surface area contributed by atoms with Crippen molar-refractivity contribution in [2.45, 2.75) is 45.5 Å². The first-order valence-corrected chi connectivity index (χ1v) is 8.84. The van der Waals surface area contributed by atoms with Gasteiger partial charge in [0.1, 0.15) is 5.82 Å². The quantitative estimate of drug-likeness (QED) is 0.529. The van der Waals surface area contributed by atoms with E-state index in [0.29, 0.717) is 6.04 Å². The van der Waals surface area contributed by atoms with E-state index >= 15 is 0 Å². The minimum atomic E-state index is -0.0666. The fourth-order valence-electron chi connectivity index (χ4n) is 2.59. The van der Waals surface area contributed by atoms with Gasteiger partial charge < -0.3 is 4.57 Å². The molecular formula is C16H23ClN2S. The Morgan fingerprint density at radius 2 is 2.10 bits per heavy atom. The van der Waals surface area contributed by atoms with E-state index in [-0.39, 0.29) is 5.38 Å². The van der Waals surface area contributed by atoms with Gasteiger partial charge in [-0.15, -0.1) is 11.6 Å². The number of alkyl halides is 1. The van der Waals surface area contributed by atoms with Gasteiger partial charge >= 0.3 is 0 Å². The molecule has 0 spiro atoms. The van der Waals surface area contributed by atoms with Crippen molar-refractivity contribution in [1.82, 2.24) is 9.55 Å². The number of benzene rings is 1. The summed E-state index contributed by atoms with van der Waals surface area (Å²) in [4.78, 5) is 4.75. The van der Waals surface area contributed by atoms with Crippen LogP contribution in [-0.2, 0) is 0 Å². The van der Waals surface area contributed by atoms with E-state index in [9.17, 15) is 0 Å². The number of para-hydroxylation sites is 1. The highest BCUT2D eigenvalue weighted by Gasteiger charge is 2.19. The lowest BCUT2D eigenvalue weighted by Crippen LogP contribution is -2.11. The zero-order valence-electron chi connectivity index (χ0n) is 12.7. The maximum absolute atomic E-state index is 6.35. The van der Waals surface area contributed by atoms with Gasteiger partial charge in [-0.05, 0) is 50.3 Å². The SMILES string of the molecule is CCSCCC(C)n1c(C(C)Cl)nc2cccc(C)c21. The average Bonchev–Trinajstić information content (AvgIpc) is 2.80. The Morgan fingerprint density at radius 1 is 1.35 bits per heavy atom. The summed E-state index contributed by atoms with van der Waals surface area (Å²) < 4.78 is 2.35. The number of rotatable bonds is 6. The summed E-state index contributed by atoms with van der Waals surface area (Å²) in [7, 11) is 0. The molecule has 1 heterocycles. The van der Waals surface area contributed by atoms with Gasteiger partial charge in [0.15, 0.2) is 0 Å². The van der Waals surface area contributed by atoms with Crippen LogP contribution in [0.1, 0.15) is 50.0 Å². The van der Waals surface area contributed by atoms with Crippen LogP contribution < -0.4 is 0 Å². The molecule has 2 nitrogen and oxygen atoms in total. The number of hydrogen-bond donors (Lipinski definition) is 0. The zero-order chi connectivity index (χ0) is 14.7. The van der Waals surface area contributed by atoms with Crippen LogP contribution in [0.15, 0.2) is 18.2 Å². The van der Waals surface area contributed by atoms with Crippen molar-refractivity contribution in [2.24, 2.45) is 0 Å². The molecule has 0 amide bonds. The lowest BCUT2D eigenvalue weighted by atomic mass is 10.1. The van der Waals surface area contributed by atoms with Crippen LogP contribution in [0.25, 0.3) is 11.0 Å². The molecule has 0 bridgehead atoms. The predicted octanol–water partition coefficient (Wildman–Crippen LogP) is 5.35. The van der Waals surface area contributed by atoms with Gasteiger partial charge in [0.2, 0.25) is 0 Å². The average molecular weight is 311 g/mol. The third-order valence-electron chi connectivity index (χ3n) is 3.62. The molecule has 20 heavy (non-hydrogen) atoms. The summed E-state index contributed by atoms with van der Waals surface area (Å²) in [5, 5.41) is -0.0666. The second-order valence-corrected chi connectivity index (χ2v) is 7.28. The molecule has 4 heteroatoms. The first-order valence-electron chi connectivity index (χ1n) is 7.25. The first kappa shape index (κ1) is 15.7. The molecule has 2 unspecified atom stereocenters. The third-order valence-corrected chi connectivity index (χ3v) is 4.75. The van der Waals surface area contributed by atoms with Crippen molar-refractivity contribution in [3.05, 3.63) is 29.6 Å². The van der Waals surface area contributed by atoms with Gasteiger partial charge in [-0.25, -0.2) is 4.98 Å². The number of fused-ring (bicyclic) bond motifs is 1. The second kappa shape index (κ2) is 6.86. The van der Waals surface area contributed by atoms with E-state index in [0.717, 1.165) is 17.8 Å². The maximum Gasteiger partial charge on any atom is 0.127 e. The van der Waals surface area contributed by atoms with Gasteiger partial charge in [0.25, 0.3) is 0 Å². The Hall–Kier alpha value is -0.670. The Labute approximate surface area is 130 Å². The van der Waals surface area contributed by atoms with E-state index in [1.807, 2.05) is 18.7 Å². The van der Waals surface area contributed by atoms with Gasteiger partial charge in [-0.1, -0.05) is 19.1 Å². The Morgan fingerprint density at radius 3 is 2.75 bits per heavy atom. The Bertz CT molecular complexity index is 577. The molecule has 1 aromatic heterocycles. The fraction of sp³-hybridized carbons (Fsp3) is 0.562. The molecule has 0 N–H and O–H groups in total. The third kappa shape index (κ3) is 3.15. The molecule has 0 aliphatic carbocycles. The molecule has 0 saturated carbocycles. The number of hydrogen-bond acceptors (Lipinski definition) is 2. The van der Waals surface area contributed by atoms with Crippen LogP contribution in [0.2, 0.25) is 0 Å². The molecular weight excluding hydrogens is 288 g/mol. The molecule has 0 fully saturated rings. The van der Waals surface area contributed by atoms with Gasteiger partial charge in [-0.3, -0.25) is 0 Å². The first-order chi connectivity index (χ1) is 9.56. The summed E-state index contributed by atoms with van der Waals surface area (Å²) in [6.45, 7) is 8.63. The lowest BCUT2D eigenvalue weighted by molar-refractivity contribution is 0.525. The van der Waals surface area contributed by atoms with Crippen LogP contribution in [0.4, 0.5) is 0 Å². The van der Waals surface area contributed by atoms with Crippen molar-refractivity contribution in [3.8, 4) is 0 Å². The largest absolute Gasteiger partial charge is 0.324 e. The molecule has 0 aliphatic heterocycles. The number of nitrogens with zero attached hydrogens (tertiary/aromatic N) is 2. The summed E-state index contributed by atoms with van der Waals surface area (Å²) in [6.07, 6.45) is 1.15. The molecule has 0 aliphatic rings. The van der Waals surface area contributed by atoms with Crippen LogP contribution in [0.3, 0.4) is 0 Å². The highest BCUT2D eigenvalue weighted by Crippen LogP contribution is 2.31. The Balaban J connectivity index is 2.45. The van der Waals surface area contributed by atoms with E-state index < -0.39 is 0 Å². The predicted molar refractivity (Wildman–Crippen MR) is 91.1 cm³/mol. The Kier molecular flexibility index (Phi) is 5.39. The summed E-state index contributed by atoms with van der Waals surface area (Å²) in [6, 6.07) is 6.72. The molecule has 0 saturated heterocycles. The summed E-state index contributed by atoms with van der Waals surface area (Å²) in [5.74, 6) is 3.35. The number of halogens is 1.